The van der Waals surface area contributed by atoms with E-state index in [4.69, 9.17) is 23.2 Å². The summed E-state index contributed by atoms with van der Waals surface area (Å²) in [6, 6.07) is 9.63. The van der Waals surface area contributed by atoms with Gasteiger partial charge in [-0.1, -0.05) is 36.2 Å². The Kier molecular flexibility index (Phi) is 3.39. The van der Waals surface area contributed by atoms with Crippen LogP contribution in [0.5, 0.6) is 0 Å². The number of carbonyl (C=O) groups excluding carboxylic acids is 1. The van der Waals surface area contributed by atoms with Crippen LogP contribution in [0.2, 0.25) is 10.0 Å². The molecular weight excluding hydrogens is 333 g/mol. The van der Waals surface area contributed by atoms with Crippen LogP contribution in [0.15, 0.2) is 30.3 Å². The van der Waals surface area contributed by atoms with Crippen molar-refractivity contribution >= 4 is 46.2 Å². The summed E-state index contributed by atoms with van der Waals surface area (Å²) in [6.45, 7) is 2.02. The first-order valence-corrected chi connectivity index (χ1v) is 8.29. The van der Waals surface area contributed by atoms with Gasteiger partial charge in [0.25, 0.3) is 0 Å². The van der Waals surface area contributed by atoms with Crippen LogP contribution in [0.1, 0.15) is 36.6 Å². The molecule has 3 N–H and O–H groups in total. The second-order valence-corrected chi connectivity index (χ2v) is 6.64. The van der Waals surface area contributed by atoms with Gasteiger partial charge in [0.2, 0.25) is 5.91 Å². The molecule has 0 radical (unpaired) electrons. The van der Waals surface area contributed by atoms with Gasteiger partial charge < -0.3 is 16.0 Å². The summed E-state index contributed by atoms with van der Waals surface area (Å²) in [5.41, 5.74) is 4.92. The van der Waals surface area contributed by atoms with Crippen molar-refractivity contribution in [3.63, 3.8) is 0 Å². The lowest BCUT2D eigenvalue weighted by atomic mass is 9.97. The van der Waals surface area contributed by atoms with Crippen LogP contribution in [-0.2, 0) is 4.79 Å². The van der Waals surface area contributed by atoms with Crippen LogP contribution in [0.25, 0.3) is 0 Å². The quantitative estimate of drug-likeness (QED) is 0.718. The molecule has 0 saturated carbocycles. The highest BCUT2D eigenvalue weighted by molar-refractivity contribution is 6.42. The van der Waals surface area contributed by atoms with Gasteiger partial charge in [-0.15, -0.1) is 0 Å². The molecule has 0 aliphatic carbocycles. The van der Waals surface area contributed by atoms with E-state index in [-0.39, 0.29) is 18.0 Å². The van der Waals surface area contributed by atoms with Gasteiger partial charge in [0.05, 0.1) is 27.3 Å². The number of carbonyl (C=O) groups is 1. The highest BCUT2D eigenvalue weighted by atomic mass is 35.5. The lowest BCUT2D eigenvalue weighted by Gasteiger charge is -2.13. The van der Waals surface area contributed by atoms with E-state index in [0.717, 1.165) is 34.6 Å². The minimum Gasteiger partial charge on any atom is -0.360 e. The average molecular weight is 348 g/mol. The number of fused-ring (bicyclic) bond motifs is 2. The van der Waals surface area contributed by atoms with Gasteiger partial charge in [-0.3, -0.25) is 4.79 Å². The lowest BCUT2D eigenvalue weighted by molar-refractivity contribution is -0.117. The van der Waals surface area contributed by atoms with Crippen molar-refractivity contribution < 1.29 is 4.79 Å². The maximum Gasteiger partial charge on any atom is 0.231 e. The molecule has 2 heterocycles. The fraction of sp³-hybridized carbons (Fsp3) is 0.235. The summed E-state index contributed by atoms with van der Waals surface area (Å²) >= 11 is 12.1. The van der Waals surface area contributed by atoms with Gasteiger partial charge in [0.15, 0.2) is 0 Å². The monoisotopic (exact) mass is 347 g/mol. The molecule has 1 amide bonds. The molecule has 2 aliphatic heterocycles. The first-order chi connectivity index (χ1) is 11.1. The van der Waals surface area contributed by atoms with Crippen LogP contribution in [0, 0.1) is 0 Å². The van der Waals surface area contributed by atoms with Crippen LogP contribution >= 0.6 is 23.2 Å². The minimum atomic E-state index is -0.0712. The highest BCUT2D eigenvalue weighted by Crippen LogP contribution is 2.44. The van der Waals surface area contributed by atoms with Crippen molar-refractivity contribution in [1.82, 2.24) is 0 Å². The summed E-state index contributed by atoms with van der Waals surface area (Å²) in [7, 11) is 0. The maximum absolute atomic E-state index is 12.0. The van der Waals surface area contributed by atoms with Crippen LogP contribution in [0.4, 0.5) is 17.1 Å². The van der Waals surface area contributed by atoms with E-state index < -0.39 is 0 Å². The summed E-state index contributed by atoms with van der Waals surface area (Å²) in [5, 5.41) is 10.9. The molecule has 0 saturated heterocycles. The molecule has 2 unspecified atom stereocenters. The van der Waals surface area contributed by atoms with Crippen LogP contribution in [0.3, 0.4) is 0 Å². The summed E-state index contributed by atoms with van der Waals surface area (Å²) in [5.74, 6) is 0.00772. The second-order valence-electron chi connectivity index (χ2n) is 5.83. The minimum absolute atomic E-state index is 0.0684. The van der Waals surface area contributed by atoms with Crippen LogP contribution in [-0.4, -0.2) is 5.91 Å². The molecule has 0 spiro atoms. The third-order valence-corrected chi connectivity index (χ3v) is 5.16. The Labute approximate surface area is 144 Å². The number of benzene rings is 2. The van der Waals surface area contributed by atoms with Gasteiger partial charge in [-0.2, -0.15) is 0 Å². The summed E-state index contributed by atoms with van der Waals surface area (Å²) in [4.78, 5) is 12.0. The number of anilines is 3. The zero-order chi connectivity index (χ0) is 16.1. The molecule has 6 heteroatoms. The molecule has 2 atom stereocenters. The van der Waals surface area contributed by atoms with E-state index in [2.05, 4.69) is 22.0 Å². The van der Waals surface area contributed by atoms with Gasteiger partial charge >= 0.3 is 0 Å². The third-order valence-electron chi connectivity index (χ3n) is 4.42. The Morgan fingerprint density at radius 3 is 2.43 bits per heavy atom. The molecule has 0 bridgehead atoms. The number of rotatable bonds is 2. The predicted molar refractivity (Wildman–Crippen MR) is 94.6 cm³/mol. The average Bonchev–Trinajstić information content (AvgIpc) is 3.06. The largest absolute Gasteiger partial charge is 0.360 e. The van der Waals surface area contributed by atoms with Crippen molar-refractivity contribution in [1.29, 1.82) is 0 Å². The van der Waals surface area contributed by atoms with Gasteiger partial charge in [0, 0.05) is 5.69 Å². The topological polar surface area (TPSA) is 53.2 Å². The normalized spacial score (nSPS) is 21.3. The molecule has 2 aromatic carbocycles. The van der Waals surface area contributed by atoms with Gasteiger partial charge in [-0.25, -0.2) is 0 Å². The second kappa shape index (κ2) is 5.32. The first kappa shape index (κ1) is 14.7. The van der Waals surface area contributed by atoms with E-state index in [1.165, 1.54) is 0 Å². The van der Waals surface area contributed by atoms with E-state index in [1.807, 2.05) is 25.1 Å². The van der Waals surface area contributed by atoms with Crippen molar-refractivity contribution in [2.24, 2.45) is 0 Å². The molecule has 0 fully saturated rings. The molecule has 2 aliphatic rings. The fourth-order valence-corrected chi connectivity index (χ4v) is 3.53. The molecule has 23 heavy (non-hydrogen) atoms. The van der Waals surface area contributed by atoms with Crippen LogP contribution < -0.4 is 16.0 Å². The van der Waals surface area contributed by atoms with E-state index in [0.29, 0.717) is 10.0 Å². The molecule has 4 rings (SSSR count). The number of hydrogen-bond donors (Lipinski definition) is 3. The SMILES string of the molecule is CCC1C(=O)Nc2cc3c(cc21)NC(c1ccc(Cl)c(Cl)c1)N3. The number of nitrogens with one attached hydrogen (secondary N) is 3. The summed E-state index contributed by atoms with van der Waals surface area (Å²) in [6.07, 6.45) is 0.722. The molecule has 4 nitrogen and oxygen atoms in total. The Balaban J connectivity index is 1.66. The molecule has 2 aromatic rings. The summed E-state index contributed by atoms with van der Waals surface area (Å²) < 4.78 is 0. The fourth-order valence-electron chi connectivity index (χ4n) is 3.22. The lowest BCUT2D eigenvalue weighted by Crippen LogP contribution is -2.12. The number of amides is 1. The van der Waals surface area contributed by atoms with Crippen molar-refractivity contribution in [3.8, 4) is 0 Å². The maximum atomic E-state index is 12.0. The van der Waals surface area contributed by atoms with E-state index in [9.17, 15) is 4.79 Å². The highest BCUT2D eigenvalue weighted by Gasteiger charge is 2.32. The molecule has 118 valence electrons. The van der Waals surface area contributed by atoms with Gasteiger partial charge in [0.1, 0.15) is 6.17 Å². The predicted octanol–water partition coefficient (Wildman–Crippen LogP) is 4.98. The number of halogens is 2. The smallest absolute Gasteiger partial charge is 0.231 e. The Hall–Kier alpha value is -1.91. The van der Waals surface area contributed by atoms with E-state index >= 15 is 0 Å². The number of hydrogen-bond acceptors (Lipinski definition) is 3. The third kappa shape index (κ3) is 2.33. The van der Waals surface area contributed by atoms with Gasteiger partial charge in [-0.05, 0) is 41.8 Å². The van der Waals surface area contributed by atoms with E-state index in [1.54, 1.807) is 6.07 Å². The Morgan fingerprint density at radius 1 is 1.00 bits per heavy atom. The standard InChI is InChI=1S/C17H15Cl2N3O/c1-2-9-10-6-14-15(7-13(10)22-17(9)23)21-16(20-14)8-3-4-11(18)12(19)5-8/h3-7,9,16,20-21H,2H2,1H3,(H,22,23). The Bertz CT molecular complexity index is 822. The first-order valence-electron chi connectivity index (χ1n) is 7.53. The van der Waals surface area contributed by atoms with Crippen molar-refractivity contribution in [2.75, 3.05) is 16.0 Å². The Morgan fingerprint density at radius 2 is 1.74 bits per heavy atom. The van der Waals surface area contributed by atoms with Crippen molar-refractivity contribution in [2.45, 2.75) is 25.4 Å². The zero-order valence-electron chi connectivity index (χ0n) is 12.4. The zero-order valence-corrected chi connectivity index (χ0v) is 13.9. The molecular formula is C17H15Cl2N3O. The van der Waals surface area contributed by atoms with Crippen molar-refractivity contribution in [3.05, 3.63) is 51.5 Å². The molecule has 0 aromatic heterocycles.